The zero-order valence-corrected chi connectivity index (χ0v) is 13.3. The van der Waals surface area contributed by atoms with Crippen LogP contribution in [0.1, 0.15) is 11.4 Å². The zero-order valence-electron chi connectivity index (χ0n) is 12.5. The van der Waals surface area contributed by atoms with Crippen molar-refractivity contribution in [1.82, 2.24) is 14.8 Å². The smallest absolute Gasteiger partial charge is 0.292 e. The Bertz CT molecular complexity index is 877. The molecule has 23 heavy (non-hydrogen) atoms. The molecule has 0 saturated carbocycles. The summed E-state index contributed by atoms with van der Waals surface area (Å²) in [7, 11) is 0. The van der Waals surface area contributed by atoms with Crippen LogP contribution >= 0.6 is 11.6 Å². The van der Waals surface area contributed by atoms with Gasteiger partial charge in [0.15, 0.2) is 0 Å². The predicted molar refractivity (Wildman–Crippen MR) is 91.1 cm³/mol. The summed E-state index contributed by atoms with van der Waals surface area (Å²) < 4.78 is 1.28. The number of aryl methyl sites for hydroxylation is 1. The molecule has 0 bridgehead atoms. The second-order valence-corrected chi connectivity index (χ2v) is 5.43. The highest BCUT2D eigenvalue weighted by Gasteiger charge is 2.10. The molecule has 1 aromatic carbocycles. The maximum absolute atomic E-state index is 12.4. The molecular weight excluding hydrogens is 312 g/mol. The number of benzene rings is 1. The maximum Gasteiger partial charge on any atom is 0.292 e. The van der Waals surface area contributed by atoms with E-state index < -0.39 is 0 Å². The number of pyridine rings is 1. The Hall–Kier alpha value is -2.66. The van der Waals surface area contributed by atoms with Gasteiger partial charge in [-0.3, -0.25) is 9.78 Å². The van der Waals surface area contributed by atoms with E-state index in [4.69, 9.17) is 11.6 Å². The summed E-state index contributed by atoms with van der Waals surface area (Å²) in [6.07, 6.45) is 1.55. The molecule has 6 heteroatoms. The van der Waals surface area contributed by atoms with Crippen LogP contribution in [0.25, 0.3) is 5.69 Å². The summed E-state index contributed by atoms with van der Waals surface area (Å²) in [5, 5.41) is 7.39. The number of aromatic nitrogens is 3. The molecule has 1 N–H and O–H groups in total. The van der Waals surface area contributed by atoms with Crippen LogP contribution in [0.15, 0.2) is 59.5 Å². The van der Waals surface area contributed by atoms with E-state index in [0.29, 0.717) is 17.9 Å². The van der Waals surface area contributed by atoms with Gasteiger partial charge in [-0.25, -0.2) is 0 Å². The number of nitrogens with zero attached hydrogens (tertiary/aromatic N) is 3. The predicted octanol–water partition coefficient (Wildman–Crippen LogP) is 3.20. The summed E-state index contributed by atoms with van der Waals surface area (Å²) in [5.41, 5.74) is 2.61. The fraction of sp³-hybridized carbons (Fsp3) is 0.118. The fourth-order valence-electron chi connectivity index (χ4n) is 2.19. The van der Waals surface area contributed by atoms with E-state index in [1.54, 1.807) is 18.3 Å². The van der Waals surface area contributed by atoms with Gasteiger partial charge < -0.3 is 5.32 Å². The van der Waals surface area contributed by atoms with Crippen molar-refractivity contribution in [3.05, 3.63) is 81.5 Å². The van der Waals surface area contributed by atoms with Gasteiger partial charge in [-0.2, -0.15) is 9.78 Å². The summed E-state index contributed by atoms with van der Waals surface area (Å²) in [6.45, 7) is 2.40. The van der Waals surface area contributed by atoms with E-state index in [0.717, 1.165) is 11.4 Å². The second kappa shape index (κ2) is 6.62. The Labute approximate surface area is 138 Å². The first-order chi connectivity index (χ1) is 11.1. The van der Waals surface area contributed by atoms with E-state index in [9.17, 15) is 4.79 Å². The maximum atomic E-state index is 12.4. The average Bonchev–Trinajstić information content (AvgIpc) is 2.57. The molecule has 0 fully saturated rings. The monoisotopic (exact) mass is 326 g/mol. The Kier molecular flexibility index (Phi) is 4.39. The second-order valence-electron chi connectivity index (χ2n) is 5.05. The molecule has 0 aliphatic rings. The van der Waals surface area contributed by atoms with Crippen molar-refractivity contribution in [2.75, 3.05) is 5.32 Å². The summed E-state index contributed by atoms with van der Waals surface area (Å²) in [6, 6.07) is 14.9. The number of para-hydroxylation sites is 1. The highest BCUT2D eigenvalue weighted by atomic mass is 35.5. The first kappa shape index (κ1) is 15.2. The molecule has 0 radical (unpaired) electrons. The highest BCUT2D eigenvalue weighted by molar-refractivity contribution is 6.32. The number of hydrogen-bond donors (Lipinski definition) is 1. The lowest BCUT2D eigenvalue weighted by atomic mass is 10.3. The van der Waals surface area contributed by atoms with Gasteiger partial charge in [0, 0.05) is 5.69 Å². The minimum atomic E-state index is -0.361. The van der Waals surface area contributed by atoms with Crippen molar-refractivity contribution in [2.24, 2.45) is 0 Å². The van der Waals surface area contributed by atoms with Crippen LogP contribution in [0.5, 0.6) is 0 Å². The SMILES string of the molecule is Cc1cccc(CNc2cnn(-c3ccccc3)c(=O)c2Cl)n1. The molecule has 0 aliphatic carbocycles. The Morgan fingerprint density at radius 3 is 2.65 bits per heavy atom. The lowest BCUT2D eigenvalue weighted by Gasteiger charge is -2.10. The third-order valence-corrected chi connectivity index (χ3v) is 3.69. The van der Waals surface area contributed by atoms with Gasteiger partial charge in [0.1, 0.15) is 5.02 Å². The summed E-state index contributed by atoms with van der Waals surface area (Å²) in [5.74, 6) is 0. The lowest BCUT2D eigenvalue weighted by molar-refractivity contribution is 0.806. The topological polar surface area (TPSA) is 59.8 Å². The Balaban J connectivity index is 1.85. The summed E-state index contributed by atoms with van der Waals surface area (Å²) in [4.78, 5) is 16.8. The van der Waals surface area contributed by atoms with Crippen LogP contribution in [-0.4, -0.2) is 14.8 Å². The molecule has 116 valence electrons. The molecule has 2 heterocycles. The number of hydrogen-bond acceptors (Lipinski definition) is 4. The van der Waals surface area contributed by atoms with Gasteiger partial charge in [-0.1, -0.05) is 35.9 Å². The van der Waals surface area contributed by atoms with E-state index in [2.05, 4.69) is 15.4 Å². The first-order valence-corrected chi connectivity index (χ1v) is 7.52. The first-order valence-electron chi connectivity index (χ1n) is 7.15. The molecule has 3 aromatic rings. The Morgan fingerprint density at radius 2 is 1.91 bits per heavy atom. The minimum absolute atomic E-state index is 0.108. The Morgan fingerprint density at radius 1 is 1.13 bits per heavy atom. The van der Waals surface area contributed by atoms with Gasteiger partial charge in [-0.05, 0) is 31.2 Å². The van der Waals surface area contributed by atoms with Crippen molar-refractivity contribution >= 4 is 17.3 Å². The van der Waals surface area contributed by atoms with Crippen molar-refractivity contribution in [1.29, 1.82) is 0 Å². The number of anilines is 1. The molecule has 0 atom stereocenters. The molecule has 0 amide bonds. The highest BCUT2D eigenvalue weighted by Crippen LogP contribution is 2.17. The van der Waals surface area contributed by atoms with Crippen molar-refractivity contribution < 1.29 is 0 Å². The molecular formula is C17H15ClN4O. The molecule has 2 aromatic heterocycles. The van der Waals surface area contributed by atoms with Gasteiger partial charge in [0.2, 0.25) is 0 Å². The lowest BCUT2D eigenvalue weighted by Crippen LogP contribution is -2.22. The van der Waals surface area contributed by atoms with E-state index in [-0.39, 0.29) is 10.6 Å². The average molecular weight is 327 g/mol. The number of halogens is 1. The van der Waals surface area contributed by atoms with E-state index >= 15 is 0 Å². The molecule has 3 rings (SSSR count). The molecule has 5 nitrogen and oxygen atoms in total. The van der Waals surface area contributed by atoms with Crippen molar-refractivity contribution in [3.8, 4) is 5.69 Å². The van der Waals surface area contributed by atoms with Gasteiger partial charge in [0.25, 0.3) is 5.56 Å². The fourth-order valence-corrected chi connectivity index (χ4v) is 2.39. The normalized spacial score (nSPS) is 10.5. The van der Waals surface area contributed by atoms with Crippen LogP contribution in [0.4, 0.5) is 5.69 Å². The van der Waals surface area contributed by atoms with Gasteiger partial charge >= 0.3 is 0 Å². The molecule has 0 unspecified atom stereocenters. The van der Waals surface area contributed by atoms with Crippen molar-refractivity contribution in [3.63, 3.8) is 0 Å². The molecule has 0 saturated heterocycles. The molecule has 0 spiro atoms. The minimum Gasteiger partial charge on any atom is -0.377 e. The van der Waals surface area contributed by atoms with Gasteiger partial charge in [-0.15, -0.1) is 0 Å². The van der Waals surface area contributed by atoms with Crippen molar-refractivity contribution in [2.45, 2.75) is 13.5 Å². The third-order valence-electron chi connectivity index (χ3n) is 3.33. The number of rotatable bonds is 4. The number of nitrogens with one attached hydrogen (secondary N) is 1. The van der Waals surface area contributed by atoms with Crippen LogP contribution in [0, 0.1) is 6.92 Å². The van der Waals surface area contributed by atoms with E-state index in [1.165, 1.54) is 4.68 Å². The van der Waals surface area contributed by atoms with Crippen LogP contribution in [0.3, 0.4) is 0 Å². The summed E-state index contributed by atoms with van der Waals surface area (Å²) >= 11 is 6.19. The quantitative estimate of drug-likeness (QED) is 0.800. The van der Waals surface area contributed by atoms with E-state index in [1.807, 2.05) is 43.3 Å². The van der Waals surface area contributed by atoms with Crippen LogP contribution in [0.2, 0.25) is 5.02 Å². The van der Waals surface area contributed by atoms with Gasteiger partial charge in [0.05, 0.1) is 29.8 Å². The third kappa shape index (κ3) is 3.40. The molecule has 0 aliphatic heterocycles. The van der Waals surface area contributed by atoms with Crippen LogP contribution < -0.4 is 10.9 Å². The largest absolute Gasteiger partial charge is 0.377 e. The standard InChI is InChI=1S/C17H15ClN4O/c1-12-6-5-7-13(21-12)10-19-15-11-20-22(17(23)16(15)18)14-8-3-2-4-9-14/h2-9,11,19H,10H2,1H3. The van der Waals surface area contributed by atoms with Crippen LogP contribution in [-0.2, 0) is 6.54 Å². The zero-order chi connectivity index (χ0) is 16.2.